The Morgan fingerprint density at radius 1 is 1.40 bits per heavy atom. The van der Waals surface area contributed by atoms with Gasteiger partial charge in [0, 0.05) is 6.42 Å². The van der Waals surface area contributed by atoms with Gasteiger partial charge in [-0.25, -0.2) is 0 Å². The van der Waals surface area contributed by atoms with Gasteiger partial charge in [-0.3, -0.25) is 4.79 Å². The van der Waals surface area contributed by atoms with Crippen LogP contribution in [0.15, 0.2) is 0 Å². The van der Waals surface area contributed by atoms with Gasteiger partial charge in [0.25, 0.3) is 0 Å². The molecule has 0 spiro atoms. The number of esters is 1. The van der Waals surface area contributed by atoms with Crippen LogP contribution in [0.1, 0.15) is 45.4 Å². The molecule has 1 aliphatic heterocycles. The quantitative estimate of drug-likeness (QED) is 0.655. The molecule has 2 fully saturated rings. The zero-order valence-electron chi connectivity index (χ0n) is 9.20. The molecule has 3 nitrogen and oxygen atoms in total. The van der Waals surface area contributed by atoms with E-state index in [1.165, 1.54) is 12.8 Å². The van der Waals surface area contributed by atoms with Crippen LogP contribution in [-0.2, 0) is 14.3 Å². The summed E-state index contributed by atoms with van der Waals surface area (Å²) in [5.41, 5.74) is 0. The number of Topliss-reactive ketones (excluding diaryl/α,β-unsaturated/α-hetero) is 1. The maximum atomic E-state index is 11.6. The molecule has 0 aromatic heterocycles. The van der Waals surface area contributed by atoms with Crippen LogP contribution in [0.5, 0.6) is 0 Å². The lowest BCUT2D eigenvalue weighted by Crippen LogP contribution is -2.40. The third-order valence-electron chi connectivity index (χ3n) is 3.56. The van der Waals surface area contributed by atoms with E-state index >= 15 is 0 Å². The minimum absolute atomic E-state index is 0.0891. The molecular formula is C12H18O3. The SMILES string of the molecule is CC(=O)CC1C[C@@H]2CCCC[C@H]2OC1=O. The van der Waals surface area contributed by atoms with Crippen molar-refractivity contribution in [3.05, 3.63) is 0 Å². The average molecular weight is 210 g/mol. The van der Waals surface area contributed by atoms with Crippen LogP contribution < -0.4 is 0 Å². The van der Waals surface area contributed by atoms with Crippen molar-refractivity contribution in [3.63, 3.8) is 0 Å². The van der Waals surface area contributed by atoms with Crippen LogP contribution in [0.2, 0.25) is 0 Å². The Kier molecular flexibility index (Phi) is 3.08. The Balaban J connectivity index is 1.98. The third-order valence-corrected chi connectivity index (χ3v) is 3.56. The lowest BCUT2D eigenvalue weighted by atomic mass is 9.77. The first-order chi connectivity index (χ1) is 7.16. The second-order valence-corrected chi connectivity index (χ2v) is 4.86. The van der Waals surface area contributed by atoms with E-state index in [4.69, 9.17) is 4.74 Å². The van der Waals surface area contributed by atoms with Crippen molar-refractivity contribution in [2.24, 2.45) is 11.8 Å². The van der Waals surface area contributed by atoms with Crippen LogP contribution in [0.4, 0.5) is 0 Å². The molecule has 1 saturated heterocycles. The molecule has 0 amide bonds. The van der Waals surface area contributed by atoms with E-state index in [0.29, 0.717) is 12.3 Å². The summed E-state index contributed by atoms with van der Waals surface area (Å²) in [6, 6.07) is 0. The predicted molar refractivity (Wildman–Crippen MR) is 55.2 cm³/mol. The van der Waals surface area contributed by atoms with E-state index in [1.54, 1.807) is 6.92 Å². The molecule has 0 bridgehead atoms. The maximum Gasteiger partial charge on any atom is 0.309 e. The Labute approximate surface area is 90.2 Å². The predicted octanol–water partition coefficient (Wildman–Crippen LogP) is 2.09. The Morgan fingerprint density at radius 3 is 2.87 bits per heavy atom. The molecule has 1 aliphatic carbocycles. The summed E-state index contributed by atoms with van der Waals surface area (Å²) in [6.45, 7) is 1.54. The Bertz CT molecular complexity index is 272. The molecule has 0 aromatic carbocycles. The molecule has 3 atom stereocenters. The van der Waals surface area contributed by atoms with Gasteiger partial charge in [-0.15, -0.1) is 0 Å². The Hall–Kier alpha value is -0.860. The first-order valence-corrected chi connectivity index (χ1v) is 5.86. The van der Waals surface area contributed by atoms with Gasteiger partial charge in [0.2, 0.25) is 0 Å². The molecule has 15 heavy (non-hydrogen) atoms. The number of fused-ring (bicyclic) bond motifs is 1. The summed E-state index contributed by atoms with van der Waals surface area (Å²) in [6.07, 6.45) is 5.97. The number of carbonyl (C=O) groups excluding carboxylic acids is 2. The van der Waals surface area contributed by atoms with Crippen molar-refractivity contribution in [2.75, 3.05) is 0 Å². The topological polar surface area (TPSA) is 43.4 Å². The minimum Gasteiger partial charge on any atom is -0.462 e. The van der Waals surface area contributed by atoms with Gasteiger partial charge in [0.1, 0.15) is 11.9 Å². The van der Waals surface area contributed by atoms with Gasteiger partial charge < -0.3 is 9.53 Å². The van der Waals surface area contributed by atoms with Crippen LogP contribution in [0, 0.1) is 11.8 Å². The van der Waals surface area contributed by atoms with E-state index < -0.39 is 0 Å². The van der Waals surface area contributed by atoms with Crippen molar-refractivity contribution in [1.29, 1.82) is 0 Å². The number of hydrogen-bond acceptors (Lipinski definition) is 3. The zero-order chi connectivity index (χ0) is 10.8. The molecule has 0 aromatic rings. The summed E-state index contributed by atoms with van der Waals surface area (Å²) in [5, 5.41) is 0. The Morgan fingerprint density at radius 2 is 2.13 bits per heavy atom. The van der Waals surface area contributed by atoms with Crippen molar-refractivity contribution in [1.82, 2.24) is 0 Å². The van der Waals surface area contributed by atoms with Gasteiger partial charge in [0.05, 0.1) is 5.92 Å². The fourth-order valence-corrected chi connectivity index (χ4v) is 2.82. The third kappa shape index (κ3) is 2.39. The van der Waals surface area contributed by atoms with Gasteiger partial charge in [-0.1, -0.05) is 6.42 Å². The van der Waals surface area contributed by atoms with Crippen LogP contribution >= 0.6 is 0 Å². The first kappa shape index (κ1) is 10.7. The van der Waals surface area contributed by atoms with Crippen LogP contribution in [0.3, 0.4) is 0 Å². The molecular weight excluding hydrogens is 192 g/mol. The number of rotatable bonds is 2. The molecule has 2 aliphatic rings. The highest BCUT2D eigenvalue weighted by Crippen LogP contribution is 2.37. The molecule has 3 heteroatoms. The lowest BCUT2D eigenvalue weighted by Gasteiger charge is -2.38. The van der Waals surface area contributed by atoms with Crippen molar-refractivity contribution < 1.29 is 14.3 Å². The number of hydrogen-bond donors (Lipinski definition) is 0. The van der Waals surface area contributed by atoms with Crippen LogP contribution in [0.25, 0.3) is 0 Å². The van der Waals surface area contributed by atoms with E-state index in [0.717, 1.165) is 19.3 Å². The molecule has 0 N–H and O–H groups in total. The highest BCUT2D eigenvalue weighted by Gasteiger charge is 2.38. The smallest absolute Gasteiger partial charge is 0.309 e. The second-order valence-electron chi connectivity index (χ2n) is 4.86. The zero-order valence-corrected chi connectivity index (χ0v) is 9.20. The molecule has 1 unspecified atom stereocenters. The maximum absolute atomic E-state index is 11.6. The van der Waals surface area contributed by atoms with Gasteiger partial charge >= 0.3 is 5.97 Å². The average Bonchev–Trinajstić information content (AvgIpc) is 2.18. The normalized spacial score (nSPS) is 35.5. The number of ether oxygens (including phenoxy) is 1. The van der Waals surface area contributed by atoms with E-state index in [1.807, 2.05) is 0 Å². The van der Waals surface area contributed by atoms with Crippen molar-refractivity contribution >= 4 is 11.8 Å². The monoisotopic (exact) mass is 210 g/mol. The summed E-state index contributed by atoms with van der Waals surface area (Å²) in [5.74, 6) is 0.294. The second kappa shape index (κ2) is 4.33. The minimum atomic E-state index is -0.165. The fourth-order valence-electron chi connectivity index (χ4n) is 2.82. The molecule has 2 rings (SSSR count). The first-order valence-electron chi connectivity index (χ1n) is 5.86. The van der Waals surface area contributed by atoms with Gasteiger partial charge in [-0.2, -0.15) is 0 Å². The van der Waals surface area contributed by atoms with Gasteiger partial charge in [-0.05, 0) is 38.5 Å². The fraction of sp³-hybridized carbons (Fsp3) is 0.833. The van der Waals surface area contributed by atoms with Crippen molar-refractivity contribution in [3.8, 4) is 0 Å². The highest BCUT2D eigenvalue weighted by atomic mass is 16.5. The van der Waals surface area contributed by atoms with E-state index in [2.05, 4.69) is 0 Å². The van der Waals surface area contributed by atoms with Crippen LogP contribution in [-0.4, -0.2) is 17.9 Å². The molecule has 1 heterocycles. The van der Waals surface area contributed by atoms with E-state index in [-0.39, 0.29) is 23.8 Å². The van der Waals surface area contributed by atoms with E-state index in [9.17, 15) is 9.59 Å². The number of ketones is 1. The summed E-state index contributed by atoms with van der Waals surface area (Å²) in [4.78, 5) is 22.6. The summed E-state index contributed by atoms with van der Waals surface area (Å²) >= 11 is 0. The lowest BCUT2D eigenvalue weighted by molar-refractivity contribution is -0.169. The summed E-state index contributed by atoms with van der Waals surface area (Å²) in [7, 11) is 0. The molecule has 1 saturated carbocycles. The number of carbonyl (C=O) groups is 2. The molecule has 0 radical (unpaired) electrons. The molecule has 84 valence electrons. The standard InChI is InChI=1S/C12H18O3/c1-8(13)6-10-7-9-4-2-3-5-11(9)15-12(10)14/h9-11H,2-7H2,1H3/t9-,10?,11+/m0/s1. The summed E-state index contributed by atoms with van der Waals surface area (Å²) < 4.78 is 5.41. The largest absolute Gasteiger partial charge is 0.462 e. The van der Waals surface area contributed by atoms with Crippen molar-refractivity contribution in [2.45, 2.75) is 51.6 Å². The highest BCUT2D eigenvalue weighted by molar-refractivity contribution is 5.83. The van der Waals surface area contributed by atoms with Gasteiger partial charge in [0.15, 0.2) is 0 Å².